The number of halogens is 1. The molecule has 0 aliphatic heterocycles. The van der Waals surface area contributed by atoms with Crippen LogP contribution in [0.1, 0.15) is 24.2 Å². The molecule has 7 nitrogen and oxygen atoms in total. The van der Waals surface area contributed by atoms with Gasteiger partial charge in [-0.1, -0.05) is 52.0 Å². The summed E-state index contributed by atoms with van der Waals surface area (Å²) in [7, 11) is 0. The highest BCUT2D eigenvalue weighted by Gasteiger charge is 2.16. The number of benzene rings is 2. The maximum atomic E-state index is 12.5. The molecule has 0 radical (unpaired) electrons. The Labute approximate surface area is 199 Å². The van der Waals surface area contributed by atoms with Gasteiger partial charge in [0.15, 0.2) is 11.0 Å². The number of nitrogens with zero attached hydrogens (tertiary/aromatic N) is 3. The zero-order valence-corrected chi connectivity index (χ0v) is 20.1. The number of amides is 1. The van der Waals surface area contributed by atoms with E-state index in [0.717, 1.165) is 10.0 Å². The standard InChI is InChI=1S/C23H23BrN4O3S/c1-4-12-28-21(16-8-10-18(24)11-9-16)26-27-23(28)32-14-20(29)25-19-7-5-6-17(13-19)22(30)31-15(2)3/h4-11,13,15H,1,12,14H2,2-3H3,(H,25,29). The Hall–Kier alpha value is -2.91. The van der Waals surface area contributed by atoms with E-state index in [0.29, 0.717) is 28.8 Å². The quantitative estimate of drug-likeness (QED) is 0.240. The number of hydrogen-bond acceptors (Lipinski definition) is 6. The number of esters is 1. The van der Waals surface area contributed by atoms with Gasteiger partial charge in [0.2, 0.25) is 5.91 Å². The average Bonchev–Trinajstić information content (AvgIpc) is 3.15. The molecule has 0 bridgehead atoms. The number of aromatic nitrogens is 3. The Morgan fingerprint density at radius 2 is 1.97 bits per heavy atom. The molecule has 0 aliphatic carbocycles. The molecule has 0 atom stereocenters. The highest BCUT2D eigenvalue weighted by Crippen LogP contribution is 2.25. The number of thioether (sulfide) groups is 1. The molecule has 1 heterocycles. The minimum atomic E-state index is -0.427. The summed E-state index contributed by atoms with van der Waals surface area (Å²) in [5.41, 5.74) is 1.83. The van der Waals surface area contributed by atoms with Crippen LogP contribution in [0, 0.1) is 0 Å². The van der Waals surface area contributed by atoms with Crippen molar-refractivity contribution >= 4 is 45.3 Å². The number of nitrogens with one attached hydrogen (secondary N) is 1. The highest BCUT2D eigenvalue weighted by atomic mass is 79.9. The van der Waals surface area contributed by atoms with E-state index in [1.54, 1.807) is 44.2 Å². The number of carbonyl (C=O) groups excluding carboxylic acids is 2. The second-order valence-corrected chi connectivity index (χ2v) is 8.94. The first-order valence-electron chi connectivity index (χ1n) is 9.91. The lowest BCUT2D eigenvalue weighted by atomic mass is 10.2. The van der Waals surface area contributed by atoms with E-state index >= 15 is 0 Å². The third-order valence-electron chi connectivity index (χ3n) is 4.19. The molecule has 0 spiro atoms. The van der Waals surface area contributed by atoms with Crippen LogP contribution in [0.3, 0.4) is 0 Å². The largest absolute Gasteiger partial charge is 0.459 e. The third kappa shape index (κ3) is 6.30. The lowest BCUT2D eigenvalue weighted by Crippen LogP contribution is -2.16. The molecule has 0 fully saturated rings. The maximum absolute atomic E-state index is 12.5. The minimum absolute atomic E-state index is 0.135. The number of hydrogen-bond donors (Lipinski definition) is 1. The molecule has 0 aliphatic rings. The van der Waals surface area contributed by atoms with Gasteiger partial charge >= 0.3 is 5.97 Å². The summed E-state index contributed by atoms with van der Waals surface area (Å²) in [4.78, 5) is 24.6. The van der Waals surface area contributed by atoms with E-state index in [9.17, 15) is 9.59 Å². The number of anilines is 1. The number of carbonyl (C=O) groups is 2. The molecular formula is C23H23BrN4O3S. The molecular weight excluding hydrogens is 492 g/mol. The Kier molecular flexibility index (Phi) is 8.24. The van der Waals surface area contributed by atoms with Crippen molar-refractivity contribution in [1.29, 1.82) is 0 Å². The van der Waals surface area contributed by atoms with E-state index in [1.807, 2.05) is 28.8 Å². The van der Waals surface area contributed by atoms with Crippen LogP contribution in [-0.2, 0) is 16.1 Å². The molecule has 1 amide bonds. The number of ether oxygens (including phenoxy) is 1. The molecule has 166 valence electrons. The molecule has 1 N–H and O–H groups in total. The molecule has 0 saturated heterocycles. The van der Waals surface area contributed by atoms with Crippen LogP contribution in [0.4, 0.5) is 5.69 Å². The van der Waals surface area contributed by atoms with Crippen LogP contribution in [-0.4, -0.2) is 38.5 Å². The van der Waals surface area contributed by atoms with E-state index in [1.165, 1.54) is 11.8 Å². The van der Waals surface area contributed by atoms with Gasteiger partial charge in [-0.2, -0.15) is 0 Å². The predicted octanol–water partition coefficient (Wildman–Crippen LogP) is 5.19. The summed E-state index contributed by atoms with van der Waals surface area (Å²) in [6.45, 7) is 7.89. The SMILES string of the molecule is C=CCn1c(SCC(=O)Nc2cccc(C(=O)OC(C)C)c2)nnc1-c1ccc(Br)cc1. The summed E-state index contributed by atoms with van der Waals surface area (Å²) in [6.07, 6.45) is 1.55. The van der Waals surface area contributed by atoms with Gasteiger partial charge < -0.3 is 10.1 Å². The molecule has 1 aromatic heterocycles. The third-order valence-corrected chi connectivity index (χ3v) is 5.68. The van der Waals surface area contributed by atoms with Crippen LogP contribution in [0.25, 0.3) is 11.4 Å². The first kappa shape index (κ1) is 23.7. The summed E-state index contributed by atoms with van der Waals surface area (Å²) >= 11 is 4.71. The normalized spacial score (nSPS) is 10.8. The van der Waals surface area contributed by atoms with E-state index in [2.05, 4.69) is 38.0 Å². The molecule has 0 unspecified atom stereocenters. The van der Waals surface area contributed by atoms with Crippen LogP contribution < -0.4 is 5.32 Å². The van der Waals surface area contributed by atoms with Gasteiger partial charge in [-0.25, -0.2) is 4.79 Å². The van der Waals surface area contributed by atoms with Gasteiger partial charge in [-0.05, 0) is 44.2 Å². The second kappa shape index (κ2) is 11.1. The van der Waals surface area contributed by atoms with Crippen LogP contribution in [0.2, 0.25) is 0 Å². The van der Waals surface area contributed by atoms with Crippen molar-refractivity contribution in [3.8, 4) is 11.4 Å². The van der Waals surface area contributed by atoms with Crippen LogP contribution >= 0.6 is 27.7 Å². The molecule has 9 heteroatoms. The van der Waals surface area contributed by atoms with Crippen molar-refractivity contribution < 1.29 is 14.3 Å². The molecule has 32 heavy (non-hydrogen) atoms. The van der Waals surface area contributed by atoms with E-state index in [4.69, 9.17) is 4.74 Å². The fraction of sp³-hybridized carbons (Fsp3) is 0.217. The monoisotopic (exact) mass is 514 g/mol. The van der Waals surface area contributed by atoms with Gasteiger partial charge in [-0.15, -0.1) is 16.8 Å². The Balaban J connectivity index is 1.67. The molecule has 2 aromatic carbocycles. The topological polar surface area (TPSA) is 86.1 Å². The van der Waals surface area contributed by atoms with Crippen molar-refractivity contribution in [1.82, 2.24) is 14.8 Å². The zero-order chi connectivity index (χ0) is 23.1. The minimum Gasteiger partial charge on any atom is -0.459 e. The maximum Gasteiger partial charge on any atom is 0.338 e. The van der Waals surface area contributed by atoms with Crippen molar-refractivity contribution in [2.45, 2.75) is 31.7 Å². The average molecular weight is 515 g/mol. The zero-order valence-electron chi connectivity index (χ0n) is 17.7. The van der Waals surface area contributed by atoms with Gasteiger partial charge in [0.1, 0.15) is 0 Å². The van der Waals surface area contributed by atoms with Gasteiger partial charge in [-0.3, -0.25) is 9.36 Å². The van der Waals surface area contributed by atoms with Crippen molar-refractivity contribution in [3.05, 3.63) is 71.2 Å². The highest BCUT2D eigenvalue weighted by molar-refractivity contribution is 9.10. The summed E-state index contributed by atoms with van der Waals surface area (Å²) < 4.78 is 8.09. The summed E-state index contributed by atoms with van der Waals surface area (Å²) in [5, 5.41) is 12.0. The van der Waals surface area contributed by atoms with Crippen molar-refractivity contribution in [2.75, 3.05) is 11.1 Å². The Morgan fingerprint density at radius 3 is 2.66 bits per heavy atom. The lowest BCUT2D eigenvalue weighted by molar-refractivity contribution is -0.113. The lowest BCUT2D eigenvalue weighted by Gasteiger charge is -2.10. The van der Waals surface area contributed by atoms with Crippen molar-refractivity contribution in [2.24, 2.45) is 0 Å². The smallest absolute Gasteiger partial charge is 0.338 e. The number of allylic oxidation sites excluding steroid dienone is 1. The fourth-order valence-corrected chi connectivity index (χ4v) is 3.85. The van der Waals surface area contributed by atoms with E-state index < -0.39 is 5.97 Å². The Morgan fingerprint density at radius 1 is 1.22 bits per heavy atom. The molecule has 3 rings (SSSR count). The molecule has 3 aromatic rings. The molecule has 0 saturated carbocycles. The summed E-state index contributed by atoms with van der Waals surface area (Å²) in [6, 6.07) is 14.4. The second-order valence-electron chi connectivity index (χ2n) is 7.08. The van der Waals surface area contributed by atoms with Crippen LogP contribution in [0.15, 0.2) is 70.8 Å². The number of rotatable bonds is 9. The summed E-state index contributed by atoms with van der Waals surface area (Å²) in [5.74, 6) is 0.193. The Bertz CT molecular complexity index is 1110. The predicted molar refractivity (Wildman–Crippen MR) is 130 cm³/mol. The van der Waals surface area contributed by atoms with Gasteiger partial charge in [0, 0.05) is 22.3 Å². The van der Waals surface area contributed by atoms with E-state index in [-0.39, 0.29) is 17.8 Å². The van der Waals surface area contributed by atoms with Gasteiger partial charge in [0.05, 0.1) is 17.4 Å². The van der Waals surface area contributed by atoms with Crippen LogP contribution in [0.5, 0.6) is 0 Å². The van der Waals surface area contributed by atoms with Crippen molar-refractivity contribution in [3.63, 3.8) is 0 Å². The fourth-order valence-electron chi connectivity index (χ4n) is 2.83. The van der Waals surface area contributed by atoms with Gasteiger partial charge in [0.25, 0.3) is 0 Å². The first-order chi connectivity index (χ1) is 15.4. The first-order valence-corrected chi connectivity index (χ1v) is 11.7.